The second-order valence-electron chi connectivity index (χ2n) is 4.71. The summed E-state index contributed by atoms with van der Waals surface area (Å²) in [7, 11) is 1.62. The van der Waals surface area contributed by atoms with Crippen molar-refractivity contribution in [2.45, 2.75) is 13.1 Å². The van der Waals surface area contributed by atoms with Crippen molar-refractivity contribution in [1.29, 1.82) is 0 Å². The summed E-state index contributed by atoms with van der Waals surface area (Å²) in [5, 5.41) is 9.43. The second-order valence-corrected chi connectivity index (χ2v) is 4.71. The van der Waals surface area contributed by atoms with Crippen LogP contribution in [0.15, 0.2) is 30.3 Å². The second kappa shape index (κ2) is 7.47. The first-order chi connectivity index (χ1) is 10.3. The molecule has 0 atom stereocenters. The normalized spacial score (nSPS) is 11.0. The molecule has 2 aromatic rings. The Balaban J connectivity index is 0.00000264. The highest BCUT2D eigenvalue weighted by Crippen LogP contribution is 2.30. The van der Waals surface area contributed by atoms with Gasteiger partial charge >= 0.3 is 6.18 Å². The predicted molar refractivity (Wildman–Crippen MR) is 83.1 cm³/mol. The molecule has 1 aromatic carbocycles. The van der Waals surface area contributed by atoms with E-state index in [0.29, 0.717) is 11.5 Å². The van der Waals surface area contributed by atoms with Crippen LogP contribution in [0.25, 0.3) is 5.69 Å². The monoisotopic (exact) mass is 348 g/mol. The van der Waals surface area contributed by atoms with Crippen LogP contribution in [0.3, 0.4) is 0 Å². The first-order valence-corrected chi connectivity index (χ1v) is 6.50. The third-order valence-electron chi connectivity index (χ3n) is 2.85. The zero-order chi connectivity index (χ0) is 16.3. The number of alkyl halides is 3. The Hall–Kier alpha value is -2.06. The van der Waals surface area contributed by atoms with Gasteiger partial charge in [0.2, 0.25) is 5.91 Å². The van der Waals surface area contributed by atoms with Gasteiger partial charge in [-0.3, -0.25) is 4.79 Å². The number of nitrogens with one attached hydrogen (secondary N) is 2. The first-order valence-electron chi connectivity index (χ1n) is 6.50. The average molecular weight is 349 g/mol. The summed E-state index contributed by atoms with van der Waals surface area (Å²) in [6, 6.07) is 6.36. The minimum Gasteiger partial charge on any atom is -0.311 e. The van der Waals surface area contributed by atoms with Crippen LogP contribution < -0.4 is 10.6 Å². The maximum Gasteiger partial charge on any atom is 0.416 e. The molecule has 0 aliphatic carbocycles. The number of nitrogens with zero attached hydrogens (tertiary/aromatic N) is 2. The SMILES string of the molecule is CNCC(=O)Nc1cc(C)nn1-c1cccc(C(F)(F)F)c1.Cl. The number of anilines is 1. The van der Waals surface area contributed by atoms with Crippen molar-refractivity contribution >= 4 is 24.1 Å². The van der Waals surface area contributed by atoms with E-state index in [4.69, 9.17) is 0 Å². The summed E-state index contributed by atoms with van der Waals surface area (Å²) in [6.45, 7) is 1.78. The van der Waals surface area contributed by atoms with Crippen LogP contribution in [-0.4, -0.2) is 29.3 Å². The van der Waals surface area contributed by atoms with Crippen molar-refractivity contribution in [2.75, 3.05) is 18.9 Å². The molecular formula is C14H16ClF3N4O. The third kappa shape index (κ3) is 4.70. The lowest BCUT2D eigenvalue weighted by molar-refractivity contribution is -0.137. The Morgan fingerprint density at radius 2 is 2.00 bits per heavy atom. The first kappa shape index (κ1) is 19.0. The van der Waals surface area contributed by atoms with Gasteiger partial charge in [0.25, 0.3) is 0 Å². The predicted octanol–water partition coefficient (Wildman–Crippen LogP) is 2.78. The maximum atomic E-state index is 12.8. The van der Waals surface area contributed by atoms with Crippen molar-refractivity contribution < 1.29 is 18.0 Å². The van der Waals surface area contributed by atoms with Gasteiger partial charge in [-0.15, -0.1) is 12.4 Å². The lowest BCUT2D eigenvalue weighted by Gasteiger charge is -2.11. The minimum atomic E-state index is -4.44. The molecule has 5 nitrogen and oxygen atoms in total. The molecule has 2 N–H and O–H groups in total. The van der Waals surface area contributed by atoms with Gasteiger partial charge in [-0.2, -0.15) is 18.3 Å². The number of aryl methyl sites for hydroxylation is 1. The lowest BCUT2D eigenvalue weighted by Crippen LogP contribution is -2.26. The van der Waals surface area contributed by atoms with Crippen LogP contribution in [-0.2, 0) is 11.0 Å². The van der Waals surface area contributed by atoms with Gasteiger partial charge in [0.15, 0.2) is 0 Å². The summed E-state index contributed by atoms with van der Waals surface area (Å²) in [5.74, 6) is 0.00713. The van der Waals surface area contributed by atoms with Crippen molar-refractivity contribution in [3.8, 4) is 5.69 Å². The summed E-state index contributed by atoms with van der Waals surface area (Å²) >= 11 is 0. The summed E-state index contributed by atoms with van der Waals surface area (Å²) < 4.78 is 39.7. The summed E-state index contributed by atoms with van der Waals surface area (Å²) in [5.41, 5.74) is 0.0329. The Morgan fingerprint density at radius 1 is 1.30 bits per heavy atom. The Labute approximate surface area is 137 Å². The molecule has 0 aliphatic rings. The molecule has 9 heteroatoms. The fourth-order valence-electron chi connectivity index (χ4n) is 1.95. The van der Waals surface area contributed by atoms with E-state index < -0.39 is 11.7 Å². The molecule has 0 unspecified atom stereocenters. The van der Waals surface area contributed by atoms with E-state index in [9.17, 15) is 18.0 Å². The molecule has 23 heavy (non-hydrogen) atoms. The number of carbonyl (C=O) groups excluding carboxylic acids is 1. The van der Waals surface area contributed by atoms with E-state index in [1.807, 2.05) is 0 Å². The van der Waals surface area contributed by atoms with Gasteiger partial charge in [0.1, 0.15) is 5.82 Å². The van der Waals surface area contributed by atoms with Crippen LogP contribution in [0.1, 0.15) is 11.3 Å². The van der Waals surface area contributed by atoms with Crippen LogP contribution >= 0.6 is 12.4 Å². The number of carbonyl (C=O) groups is 1. The number of hydrogen-bond acceptors (Lipinski definition) is 3. The molecule has 126 valence electrons. The number of aromatic nitrogens is 2. The van der Waals surface area contributed by atoms with E-state index in [2.05, 4.69) is 15.7 Å². The van der Waals surface area contributed by atoms with E-state index in [1.165, 1.54) is 16.8 Å². The molecule has 0 spiro atoms. The molecule has 0 saturated carbocycles. The zero-order valence-electron chi connectivity index (χ0n) is 12.4. The molecule has 0 radical (unpaired) electrons. The fourth-order valence-corrected chi connectivity index (χ4v) is 1.95. The zero-order valence-corrected chi connectivity index (χ0v) is 13.3. The van der Waals surface area contributed by atoms with E-state index in [0.717, 1.165) is 12.1 Å². The quantitative estimate of drug-likeness (QED) is 0.893. The average Bonchev–Trinajstić information content (AvgIpc) is 2.79. The van der Waals surface area contributed by atoms with E-state index >= 15 is 0 Å². The Morgan fingerprint density at radius 3 is 2.61 bits per heavy atom. The number of halogens is 4. The smallest absolute Gasteiger partial charge is 0.311 e. The number of likely N-dealkylation sites (N-methyl/N-ethyl adjacent to an activating group) is 1. The van der Waals surface area contributed by atoms with Crippen molar-refractivity contribution in [3.05, 3.63) is 41.6 Å². The van der Waals surface area contributed by atoms with Crippen LogP contribution in [0.5, 0.6) is 0 Å². The van der Waals surface area contributed by atoms with Gasteiger partial charge in [-0.05, 0) is 32.2 Å². The van der Waals surface area contributed by atoms with Gasteiger partial charge in [-0.1, -0.05) is 6.07 Å². The largest absolute Gasteiger partial charge is 0.416 e. The molecule has 2 rings (SSSR count). The van der Waals surface area contributed by atoms with Crippen LogP contribution in [0.2, 0.25) is 0 Å². The van der Waals surface area contributed by atoms with Gasteiger partial charge in [0.05, 0.1) is 23.5 Å². The fraction of sp³-hybridized carbons (Fsp3) is 0.286. The van der Waals surface area contributed by atoms with Crippen molar-refractivity contribution in [2.24, 2.45) is 0 Å². The van der Waals surface area contributed by atoms with E-state index in [1.54, 1.807) is 20.0 Å². The molecule has 0 bridgehead atoms. The summed E-state index contributed by atoms with van der Waals surface area (Å²) in [6.07, 6.45) is -4.44. The van der Waals surface area contributed by atoms with Crippen LogP contribution in [0.4, 0.5) is 19.0 Å². The van der Waals surface area contributed by atoms with Gasteiger partial charge in [0, 0.05) is 6.07 Å². The lowest BCUT2D eigenvalue weighted by atomic mass is 10.2. The minimum absolute atomic E-state index is 0. The number of amides is 1. The number of hydrogen-bond donors (Lipinski definition) is 2. The molecule has 1 heterocycles. The summed E-state index contributed by atoms with van der Waals surface area (Å²) in [4.78, 5) is 11.6. The van der Waals surface area contributed by atoms with Gasteiger partial charge in [-0.25, -0.2) is 4.68 Å². The Kier molecular flexibility index (Phi) is 6.17. The molecule has 0 aliphatic heterocycles. The standard InChI is InChI=1S/C14H15F3N4O.ClH/c1-9-6-12(19-13(22)8-18-2)21(20-9)11-5-3-4-10(7-11)14(15,16)17;/h3-7,18H,8H2,1-2H3,(H,19,22);1H. The van der Waals surface area contributed by atoms with Crippen LogP contribution in [0, 0.1) is 6.92 Å². The third-order valence-corrected chi connectivity index (χ3v) is 2.85. The molecule has 0 fully saturated rings. The Bertz CT molecular complexity index is 685. The van der Waals surface area contributed by atoms with Crippen molar-refractivity contribution in [1.82, 2.24) is 15.1 Å². The highest BCUT2D eigenvalue weighted by atomic mass is 35.5. The number of rotatable bonds is 4. The highest BCUT2D eigenvalue weighted by molar-refractivity contribution is 5.91. The van der Waals surface area contributed by atoms with Crippen molar-refractivity contribution in [3.63, 3.8) is 0 Å². The molecule has 0 saturated heterocycles. The van der Waals surface area contributed by atoms with Gasteiger partial charge < -0.3 is 10.6 Å². The maximum absolute atomic E-state index is 12.8. The molecule has 1 amide bonds. The molecule has 1 aromatic heterocycles. The topological polar surface area (TPSA) is 59.0 Å². The molecular weight excluding hydrogens is 333 g/mol. The highest BCUT2D eigenvalue weighted by Gasteiger charge is 2.30. The van der Waals surface area contributed by atoms with E-state index in [-0.39, 0.29) is 30.5 Å². The number of benzene rings is 1.